The summed E-state index contributed by atoms with van der Waals surface area (Å²) >= 11 is 0. The van der Waals surface area contributed by atoms with Crippen LogP contribution >= 0.6 is 0 Å². The van der Waals surface area contributed by atoms with E-state index in [1.807, 2.05) is 19.9 Å². The van der Waals surface area contributed by atoms with Gasteiger partial charge in [-0.05, 0) is 39.3 Å². The molecule has 1 atom stereocenters. The van der Waals surface area contributed by atoms with E-state index in [2.05, 4.69) is 32.0 Å². The van der Waals surface area contributed by atoms with Crippen molar-refractivity contribution in [2.45, 2.75) is 40.2 Å². The van der Waals surface area contributed by atoms with Crippen LogP contribution in [0.25, 0.3) is 0 Å². The Morgan fingerprint density at radius 2 is 1.61 bits per heavy atom. The second-order valence-electron chi connectivity index (χ2n) is 5.08. The SMILES string of the molecule is Cc1cc(C)cc(CC(O)c2cc(C)oc2C)c1. The van der Waals surface area contributed by atoms with E-state index < -0.39 is 6.10 Å². The molecular formula is C16H20O2. The molecule has 0 radical (unpaired) electrons. The lowest BCUT2D eigenvalue weighted by molar-refractivity contribution is 0.176. The van der Waals surface area contributed by atoms with Crippen LogP contribution in [-0.4, -0.2) is 5.11 Å². The normalized spacial score (nSPS) is 12.7. The zero-order valence-corrected chi connectivity index (χ0v) is 11.4. The highest BCUT2D eigenvalue weighted by Crippen LogP contribution is 2.25. The molecule has 0 aliphatic carbocycles. The van der Waals surface area contributed by atoms with E-state index in [0.29, 0.717) is 6.42 Å². The van der Waals surface area contributed by atoms with Crippen LogP contribution in [0.1, 0.15) is 39.9 Å². The number of aliphatic hydroxyl groups is 1. The maximum absolute atomic E-state index is 10.3. The highest BCUT2D eigenvalue weighted by atomic mass is 16.3. The lowest BCUT2D eigenvalue weighted by atomic mass is 9.99. The summed E-state index contributed by atoms with van der Waals surface area (Å²) in [6.45, 7) is 7.96. The van der Waals surface area contributed by atoms with Crippen LogP contribution < -0.4 is 0 Å². The van der Waals surface area contributed by atoms with Crippen LogP contribution in [0.2, 0.25) is 0 Å². The number of aliphatic hydroxyl groups excluding tert-OH is 1. The van der Waals surface area contributed by atoms with Gasteiger partial charge in [0.05, 0.1) is 6.10 Å². The summed E-state index contributed by atoms with van der Waals surface area (Å²) < 4.78 is 5.46. The smallest absolute Gasteiger partial charge is 0.106 e. The van der Waals surface area contributed by atoms with Crippen molar-refractivity contribution in [3.8, 4) is 0 Å². The number of rotatable bonds is 3. The lowest BCUT2D eigenvalue weighted by Gasteiger charge is -2.11. The first-order valence-electron chi connectivity index (χ1n) is 6.28. The van der Waals surface area contributed by atoms with Crippen LogP contribution in [0.5, 0.6) is 0 Å². The van der Waals surface area contributed by atoms with Crippen LogP contribution in [-0.2, 0) is 6.42 Å². The molecule has 1 heterocycles. The maximum Gasteiger partial charge on any atom is 0.106 e. The molecule has 1 unspecified atom stereocenters. The molecule has 2 aromatic rings. The van der Waals surface area contributed by atoms with Crippen molar-refractivity contribution in [2.24, 2.45) is 0 Å². The van der Waals surface area contributed by atoms with E-state index in [1.54, 1.807) is 0 Å². The third kappa shape index (κ3) is 2.82. The molecule has 2 nitrogen and oxygen atoms in total. The average molecular weight is 244 g/mol. The highest BCUT2D eigenvalue weighted by molar-refractivity contribution is 5.31. The van der Waals surface area contributed by atoms with E-state index in [4.69, 9.17) is 4.42 Å². The Bertz CT molecular complexity index is 532. The molecule has 0 saturated heterocycles. The molecule has 0 spiro atoms. The van der Waals surface area contributed by atoms with Gasteiger partial charge >= 0.3 is 0 Å². The monoisotopic (exact) mass is 244 g/mol. The molecule has 0 amide bonds. The minimum absolute atomic E-state index is 0.497. The largest absolute Gasteiger partial charge is 0.466 e. The molecule has 96 valence electrons. The first-order chi connectivity index (χ1) is 8.45. The summed E-state index contributed by atoms with van der Waals surface area (Å²) in [5.74, 6) is 1.66. The molecule has 0 aliphatic heterocycles. The molecule has 1 N–H and O–H groups in total. The van der Waals surface area contributed by atoms with Crippen molar-refractivity contribution in [1.82, 2.24) is 0 Å². The van der Waals surface area contributed by atoms with E-state index in [0.717, 1.165) is 17.1 Å². The predicted octanol–water partition coefficient (Wildman–Crippen LogP) is 3.79. The summed E-state index contributed by atoms with van der Waals surface area (Å²) in [5, 5.41) is 10.3. The van der Waals surface area contributed by atoms with Crippen molar-refractivity contribution >= 4 is 0 Å². The molecule has 0 saturated carbocycles. The second-order valence-corrected chi connectivity index (χ2v) is 5.08. The van der Waals surface area contributed by atoms with Gasteiger partial charge in [-0.2, -0.15) is 0 Å². The van der Waals surface area contributed by atoms with Crippen molar-refractivity contribution in [3.05, 3.63) is 58.0 Å². The fraction of sp³-hybridized carbons (Fsp3) is 0.375. The van der Waals surface area contributed by atoms with Gasteiger partial charge in [-0.1, -0.05) is 29.3 Å². The summed E-state index contributed by atoms with van der Waals surface area (Å²) in [4.78, 5) is 0. The molecule has 2 heteroatoms. The summed E-state index contributed by atoms with van der Waals surface area (Å²) in [6, 6.07) is 8.31. The molecule has 0 bridgehead atoms. The predicted molar refractivity (Wildman–Crippen MR) is 72.8 cm³/mol. The van der Waals surface area contributed by atoms with E-state index >= 15 is 0 Å². The van der Waals surface area contributed by atoms with Gasteiger partial charge in [0.2, 0.25) is 0 Å². The van der Waals surface area contributed by atoms with Gasteiger partial charge < -0.3 is 9.52 Å². The Morgan fingerprint density at radius 1 is 1.00 bits per heavy atom. The summed E-state index contributed by atoms with van der Waals surface area (Å²) in [7, 11) is 0. The van der Waals surface area contributed by atoms with Crippen molar-refractivity contribution in [2.75, 3.05) is 0 Å². The minimum Gasteiger partial charge on any atom is -0.466 e. The molecule has 0 fully saturated rings. The van der Waals surface area contributed by atoms with Crippen LogP contribution in [0, 0.1) is 27.7 Å². The zero-order valence-electron chi connectivity index (χ0n) is 11.4. The molecule has 0 aliphatic rings. The number of furan rings is 1. The molecule has 1 aromatic heterocycles. The van der Waals surface area contributed by atoms with Crippen molar-refractivity contribution < 1.29 is 9.52 Å². The molecule has 18 heavy (non-hydrogen) atoms. The molecule has 2 rings (SSSR count). The highest BCUT2D eigenvalue weighted by Gasteiger charge is 2.15. The number of benzene rings is 1. The minimum atomic E-state index is -0.497. The third-order valence-electron chi connectivity index (χ3n) is 3.15. The number of aryl methyl sites for hydroxylation is 4. The topological polar surface area (TPSA) is 33.4 Å². The van der Waals surface area contributed by atoms with Gasteiger partial charge in [0.25, 0.3) is 0 Å². The van der Waals surface area contributed by atoms with Crippen LogP contribution in [0.15, 0.2) is 28.7 Å². The van der Waals surface area contributed by atoms with Gasteiger partial charge in [0, 0.05) is 12.0 Å². The van der Waals surface area contributed by atoms with Crippen LogP contribution in [0.4, 0.5) is 0 Å². The van der Waals surface area contributed by atoms with Gasteiger partial charge in [0.1, 0.15) is 11.5 Å². The Balaban J connectivity index is 2.20. The Labute approximate surface area is 108 Å². The Kier molecular flexibility index (Phi) is 3.58. The quantitative estimate of drug-likeness (QED) is 0.891. The van der Waals surface area contributed by atoms with E-state index in [1.165, 1.54) is 16.7 Å². The van der Waals surface area contributed by atoms with Crippen LogP contribution in [0.3, 0.4) is 0 Å². The van der Waals surface area contributed by atoms with Crippen molar-refractivity contribution in [3.63, 3.8) is 0 Å². The third-order valence-corrected chi connectivity index (χ3v) is 3.15. The summed E-state index contributed by atoms with van der Waals surface area (Å²) in [5.41, 5.74) is 4.53. The summed E-state index contributed by atoms with van der Waals surface area (Å²) in [6.07, 6.45) is 0.131. The fourth-order valence-corrected chi connectivity index (χ4v) is 2.50. The molecular weight excluding hydrogens is 224 g/mol. The van der Waals surface area contributed by atoms with Gasteiger partial charge in [-0.3, -0.25) is 0 Å². The van der Waals surface area contributed by atoms with E-state index in [-0.39, 0.29) is 0 Å². The number of hydrogen-bond donors (Lipinski definition) is 1. The zero-order chi connectivity index (χ0) is 13.3. The first kappa shape index (κ1) is 12.9. The fourth-order valence-electron chi connectivity index (χ4n) is 2.50. The second kappa shape index (κ2) is 4.99. The maximum atomic E-state index is 10.3. The van der Waals surface area contributed by atoms with Gasteiger partial charge in [-0.15, -0.1) is 0 Å². The first-order valence-corrected chi connectivity index (χ1v) is 6.28. The van der Waals surface area contributed by atoms with Gasteiger partial charge in [-0.25, -0.2) is 0 Å². The average Bonchev–Trinajstić information content (AvgIpc) is 2.56. The van der Waals surface area contributed by atoms with E-state index in [9.17, 15) is 5.11 Å². The Hall–Kier alpha value is -1.54. The molecule has 1 aromatic carbocycles. The lowest BCUT2D eigenvalue weighted by Crippen LogP contribution is -2.02. The van der Waals surface area contributed by atoms with Crippen molar-refractivity contribution in [1.29, 1.82) is 0 Å². The Morgan fingerprint density at radius 3 is 2.11 bits per heavy atom. The number of hydrogen-bond acceptors (Lipinski definition) is 2. The van der Waals surface area contributed by atoms with Gasteiger partial charge in [0.15, 0.2) is 0 Å². The standard InChI is InChI=1S/C16H20O2/c1-10-5-11(2)7-14(6-10)9-16(17)15-8-12(3)18-13(15)4/h5-8,16-17H,9H2,1-4H3.